The molecular weight excluding hydrogens is 248 g/mol. The van der Waals surface area contributed by atoms with Crippen LogP contribution in [0, 0.1) is 10.7 Å². The van der Waals surface area contributed by atoms with Crippen LogP contribution >= 0.6 is 11.8 Å². The summed E-state index contributed by atoms with van der Waals surface area (Å²) in [6, 6.07) is 6.02. The first-order chi connectivity index (χ1) is 7.59. The van der Waals surface area contributed by atoms with Crippen LogP contribution in [0.25, 0.3) is 0 Å². The average molecular weight is 254 g/mol. The second-order valence-corrected chi connectivity index (χ2v) is 5.58. The van der Waals surface area contributed by atoms with Gasteiger partial charge in [-0.25, -0.2) is 12.7 Å². The van der Waals surface area contributed by atoms with Crippen LogP contribution in [0.4, 0.5) is 0 Å². The maximum Gasteiger partial charge on any atom is 0.269 e. The standard InChI is InChI=1S/C9H6N2O3S2/c10-5-15-6-11-9(12)7-3-1-2-4-8(7)16(11,13)14/h1-4H,6H2. The fraction of sp³-hybridized carbons (Fsp3) is 0.111. The lowest BCUT2D eigenvalue weighted by Gasteiger charge is -2.11. The molecule has 5 nitrogen and oxygen atoms in total. The molecule has 16 heavy (non-hydrogen) atoms. The molecule has 0 radical (unpaired) electrons. The van der Waals surface area contributed by atoms with Crippen LogP contribution in [0.1, 0.15) is 10.4 Å². The maximum absolute atomic E-state index is 11.9. The number of benzene rings is 1. The first-order valence-corrected chi connectivity index (χ1v) is 6.68. The lowest BCUT2D eigenvalue weighted by atomic mass is 10.2. The SMILES string of the molecule is N#CSCN1C(=O)c2ccccc2S1(=O)=O. The van der Waals surface area contributed by atoms with Gasteiger partial charge in [-0.2, -0.15) is 5.26 Å². The van der Waals surface area contributed by atoms with E-state index in [9.17, 15) is 13.2 Å². The van der Waals surface area contributed by atoms with Crippen LogP contribution in [-0.2, 0) is 10.0 Å². The molecule has 0 aromatic heterocycles. The Hall–Kier alpha value is -1.52. The van der Waals surface area contributed by atoms with E-state index in [1.54, 1.807) is 17.5 Å². The quantitative estimate of drug-likeness (QED) is 0.736. The van der Waals surface area contributed by atoms with E-state index in [1.165, 1.54) is 12.1 Å². The van der Waals surface area contributed by atoms with Gasteiger partial charge in [0.15, 0.2) is 0 Å². The second-order valence-electron chi connectivity index (χ2n) is 3.02. The van der Waals surface area contributed by atoms with Gasteiger partial charge in [0.2, 0.25) is 0 Å². The Morgan fingerprint density at radius 2 is 2.06 bits per heavy atom. The first kappa shape index (κ1) is 11.0. The summed E-state index contributed by atoms with van der Waals surface area (Å²) in [5.41, 5.74) is 0.168. The number of rotatable bonds is 2. The number of thiocyanates is 1. The molecule has 0 saturated heterocycles. The van der Waals surface area contributed by atoms with Gasteiger partial charge in [-0.15, -0.1) is 0 Å². The molecule has 2 rings (SSSR count). The van der Waals surface area contributed by atoms with Gasteiger partial charge in [0.25, 0.3) is 15.9 Å². The molecule has 1 heterocycles. The van der Waals surface area contributed by atoms with Crippen molar-refractivity contribution < 1.29 is 13.2 Å². The summed E-state index contributed by atoms with van der Waals surface area (Å²) in [6.07, 6.45) is 0. The zero-order valence-electron chi connectivity index (χ0n) is 7.95. The molecule has 82 valence electrons. The van der Waals surface area contributed by atoms with Gasteiger partial charge >= 0.3 is 0 Å². The van der Waals surface area contributed by atoms with Crippen LogP contribution in [-0.4, -0.2) is 24.5 Å². The highest BCUT2D eigenvalue weighted by molar-refractivity contribution is 8.04. The molecule has 0 unspecified atom stereocenters. The molecule has 1 aliphatic heterocycles. The Bertz CT molecular complexity index is 589. The van der Waals surface area contributed by atoms with Gasteiger partial charge in [-0.3, -0.25) is 4.79 Å². The maximum atomic E-state index is 11.9. The van der Waals surface area contributed by atoms with E-state index >= 15 is 0 Å². The molecular formula is C9H6N2O3S2. The third-order valence-corrected chi connectivity index (χ3v) is 4.63. The molecule has 0 aliphatic carbocycles. The number of carbonyl (C=O) groups is 1. The molecule has 1 amide bonds. The van der Waals surface area contributed by atoms with Crippen LogP contribution in [0.15, 0.2) is 29.2 Å². The zero-order valence-corrected chi connectivity index (χ0v) is 9.59. The van der Waals surface area contributed by atoms with E-state index in [2.05, 4.69) is 0 Å². The van der Waals surface area contributed by atoms with Crippen molar-refractivity contribution in [3.63, 3.8) is 0 Å². The number of hydrogen-bond donors (Lipinski definition) is 0. The normalized spacial score (nSPS) is 16.9. The highest BCUT2D eigenvalue weighted by atomic mass is 32.2. The van der Waals surface area contributed by atoms with Crippen LogP contribution in [0.2, 0.25) is 0 Å². The topological polar surface area (TPSA) is 78.2 Å². The smallest absolute Gasteiger partial charge is 0.268 e. The summed E-state index contributed by atoms with van der Waals surface area (Å²) in [5, 5.41) is 10.1. The summed E-state index contributed by atoms with van der Waals surface area (Å²) in [5.74, 6) is -0.745. The van der Waals surface area contributed by atoms with E-state index in [4.69, 9.17) is 5.26 Å². The number of fused-ring (bicyclic) bond motifs is 1. The lowest BCUT2D eigenvalue weighted by Crippen LogP contribution is -2.29. The molecule has 0 bridgehead atoms. The summed E-state index contributed by atoms with van der Waals surface area (Å²) >= 11 is 0.713. The van der Waals surface area contributed by atoms with Crippen molar-refractivity contribution in [3.05, 3.63) is 29.8 Å². The van der Waals surface area contributed by atoms with Crippen LogP contribution in [0.5, 0.6) is 0 Å². The molecule has 0 atom stereocenters. The van der Waals surface area contributed by atoms with E-state index in [-0.39, 0.29) is 16.3 Å². The van der Waals surface area contributed by atoms with Gasteiger partial charge in [-0.1, -0.05) is 12.1 Å². The van der Waals surface area contributed by atoms with Crippen molar-refractivity contribution in [2.45, 2.75) is 4.90 Å². The number of amides is 1. The average Bonchev–Trinajstić information content (AvgIpc) is 2.46. The first-order valence-electron chi connectivity index (χ1n) is 4.26. The minimum absolute atomic E-state index is 0.0125. The molecule has 0 spiro atoms. The van der Waals surface area contributed by atoms with Gasteiger partial charge < -0.3 is 0 Å². The monoisotopic (exact) mass is 254 g/mol. The molecule has 7 heteroatoms. The largest absolute Gasteiger partial charge is 0.269 e. The van der Waals surface area contributed by atoms with Crippen molar-refractivity contribution >= 4 is 27.7 Å². The van der Waals surface area contributed by atoms with Crippen molar-refractivity contribution in [1.29, 1.82) is 5.26 Å². The number of thioether (sulfide) groups is 1. The second kappa shape index (κ2) is 3.81. The minimum Gasteiger partial charge on any atom is -0.268 e. The van der Waals surface area contributed by atoms with Gasteiger partial charge in [0.1, 0.15) is 10.3 Å². The Labute approximate surface area is 96.7 Å². The van der Waals surface area contributed by atoms with E-state index in [0.29, 0.717) is 16.1 Å². The number of nitrogens with zero attached hydrogens (tertiary/aromatic N) is 2. The molecule has 0 fully saturated rings. The molecule has 1 aromatic rings. The Morgan fingerprint density at radius 3 is 2.69 bits per heavy atom. The van der Waals surface area contributed by atoms with Crippen LogP contribution in [0.3, 0.4) is 0 Å². The summed E-state index contributed by atoms with van der Waals surface area (Å²) in [7, 11) is -3.76. The highest BCUT2D eigenvalue weighted by Gasteiger charge is 2.40. The number of nitriles is 1. The number of carbonyl (C=O) groups excluding carboxylic acids is 1. The van der Waals surface area contributed by atoms with E-state index in [1.807, 2.05) is 0 Å². The predicted molar refractivity (Wildman–Crippen MR) is 57.9 cm³/mol. The summed E-state index contributed by atoms with van der Waals surface area (Å²) in [6.45, 7) is 0. The molecule has 0 saturated carbocycles. The Balaban J connectivity index is 2.50. The van der Waals surface area contributed by atoms with Crippen LogP contribution < -0.4 is 0 Å². The van der Waals surface area contributed by atoms with Gasteiger partial charge in [0.05, 0.1) is 11.4 Å². The lowest BCUT2D eigenvalue weighted by molar-refractivity contribution is 0.0887. The van der Waals surface area contributed by atoms with Gasteiger partial charge in [0, 0.05) is 0 Å². The predicted octanol–water partition coefficient (Wildman–Crippen LogP) is 1.00. The highest BCUT2D eigenvalue weighted by Crippen LogP contribution is 2.30. The van der Waals surface area contributed by atoms with Crippen molar-refractivity contribution in [2.24, 2.45) is 0 Å². The van der Waals surface area contributed by atoms with E-state index in [0.717, 1.165) is 0 Å². The molecule has 1 aromatic carbocycles. The minimum atomic E-state index is -3.76. The van der Waals surface area contributed by atoms with Crippen molar-refractivity contribution in [2.75, 3.05) is 5.88 Å². The molecule has 1 aliphatic rings. The van der Waals surface area contributed by atoms with Crippen molar-refractivity contribution in [1.82, 2.24) is 4.31 Å². The number of hydrogen-bond acceptors (Lipinski definition) is 5. The molecule has 0 N–H and O–H groups in total. The fourth-order valence-electron chi connectivity index (χ4n) is 1.45. The Kier molecular flexibility index (Phi) is 2.61. The van der Waals surface area contributed by atoms with E-state index < -0.39 is 15.9 Å². The number of sulfonamides is 1. The van der Waals surface area contributed by atoms with Crippen molar-refractivity contribution in [3.8, 4) is 5.40 Å². The fourth-order valence-corrected chi connectivity index (χ4v) is 3.69. The Morgan fingerprint density at radius 1 is 1.38 bits per heavy atom. The third kappa shape index (κ3) is 1.47. The third-order valence-electron chi connectivity index (χ3n) is 2.16. The summed E-state index contributed by atoms with van der Waals surface area (Å²) < 4.78 is 24.5. The van der Waals surface area contributed by atoms with Gasteiger partial charge in [-0.05, 0) is 23.9 Å². The zero-order chi connectivity index (χ0) is 11.8. The summed E-state index contributed by atoms with van der Waals surface area (Å²) in [4.78, 5) is 11.8.